The minimum atomic E-state index is -3.97. The lowest BCUT2D eigenvalue weighted by molar-refractivity contribution is -0.384. The number of hydrogen-bond acceptors (Lipinski definition) is 7. The van der Waals surface area contributed by atoms with Gasteiger partial charge in [0.15, 0.2) is 0 Å². The molecule has 3 aromatic rings. The second kappa shape index (κ2) is 11.0. The van der Waals surface area contributed by atoms with Gasteiger partial charge in [-0.1, -0.05) is 24.3 Å². The van der Waals surface area contributed by atoms with Crippen LogP contribution in [-0.2, 0) is 35.2 Å². The number of aromatic nitrogens is 2. The number of nitro benzene ring substituents is 1. The van der Waals surface area contributed by atoms with E-state index >= 15 is 0 Å². The van der Waals surface area contributed by atoms with Gasteiger partial charge in [-0.2, -0.15) is 9.40 Å². The highest BCUT2D eigenvalue weighted by atomic mass is 32.2. The standard InChI is InChI=1S/C26H36N6O4S/c1-19-24(37(35,36)30(7)17-21-10-8-20(9-11-21)16-29(5)6)13-12-23(25(19)32(33)34)27-14-22-15-28-31(18-22)26(2,3)4/h8-13,15,18,27H,14,16-17H2,1-7H3. The van der Waals surface area contributed by atoms with Crippen LogP contribution in [0.2, 0.25) is 0 Å². The molecule has 0 saturated carbocycles. The highest BCUT2D eigenvalue weighted by Crippen LogP contribution is 2.34. The largest absolute Gasteiger partial charge is 0.375 e. The van der Waals surface area contributed by atoms with E-state index in [1.165, 1.54) is 30.4 Å². The van der Waals surface area contributed by atoms with Gasteiger partial charge < -0.3 is 10.2 Å². The molecule has 0 atom stereocenters. The van der Waals surface area contributed by atoms with Crippen LogP contribution in [0.5, 0.6) is 0 Å². The summed E-state index contributed by atoms with van der Waals surface area (Å²) in [5, 5.41) is 19.4. The molecule has 0 aliphatic carbocycles. The average molecular weight is 529 g/mol. The number of benzene rings is 2. The van der Waals surface area contributed by atoms with E-state index in [4.69, 9.17) is 0 Å². The number of anilines is 1. The summed E-state index contributed by atoms with van der Waals surface area (Å²) in [4.78, 5) is 13.4. The van der Waals surface area contributed by atoms with Crippen molar-refractivity contribution in [1.29, 1.82) is 0 Å². The molecule has 2 aromatic carbocycles. The van der Waals surface area contributed by atoms with Gasteiger partial charge in [0.05, 0.1) is 21.6 Å². The highest BCUT2D eigenvalue weighted by molar-refractivity contribution is 7.89. The molecule has 0 amide bonds. The van der Waals surface area contributed by atoms with Crippen molar-refractivity contribution < 1.29 is 13.3 Å². The van der Waals surface area contributed by atoms with Crippen molar-refractivity contribution in [1.82, 2.24) is 19.0 Å². The van der Waals surface area contributed by atoms with Crippen LogP contribution in [0.15, 0.2) is 53.7 Å². The molecular weight excluding hydrogens is 492 g/mol. The van der Waals surface area contributed by atoms with E-state index in [9.17, 15) is 18.5 Å². The number of nitrogens with zero attached hydrogens (tertiary/aromatic N) is 5. The second-order valence-electron chi connectivity index (χ2n) is 10.5. The minimum Gasteiger partial charge on any atom is -0.375 e. The molecule has 11 heteroatoms. The third-order valence-electron chi connectivity index (χ3n) is 5.99. The fourth-order valence-electron chi connectivity index (χ4n) is 3.98. The van der Waals surface area contributed by atoms with Crippen molar-refractivity contribution in [3.8, 4) is 0 Å². The first kappa shape index (κ1) is 28.3. The van der Waals surface area contributed by atoms with E-state index in [1.807, 2.05) is 70.0 Å². The zero-order chi connectivity index (χ0) is 27.5. The minimum absolute atomic E-state index is 0.0861. The van der Waals surface area contributed by atoms with Crippen molar-refractivity contribution in [2.24, 2.45) is 0 Å². The zero-order valence-corrected chi connectivity index (χ0v) is 23.3. The van der Waals surface area contributed by atoms with Crippen molar-refractivity contribution in [3.05, 3.63) is 81.2 Å². The topological polar surface area (TPSA) is 114 Å². The van der Waals surface area contributed by atoms with Crippen molar-refractivity contribution >= 4 is 21.4 Å². The van der Waals surface area contributed by atoms with Crippen LogP contribution in [0.1, 0.15) is 43.0 Å². The van der Waals surface area contributed by atoms with E-state index in [1.54, 1.807) is 6.20 Å². The number of hydrogen-bond donors (Lipinski definition) is 1. The SMILES string of the molecule is Cc1c(S(=O)(=O)N(C)Cc2ccc(CN(C)C)cc2)ccc(NCc2cnn(C(C)(C)C)c2)c1[N+](=O)[O-]. The fraction of sp³-hybridized carbons (Fsp3) is 0.423. The first-order valence-corrected chi connectivity index (χ1v) is 13.4. The maximum atomic E-state index is 13.4. The second-order valence-corrected chi connectivity index (χ2v) is 12.5. The van der Waals surface area contributed by atoms with Gasteiger partial charge in [0.2, 0.25) is 10.0 Å². The molecule has 200 valence electrons. The summed E-state index contributed by atoms with van der Waals surface area (Å²) in [5.74, 6) is 0. The Kier molecular flexibility index (Phi) is 8.41. The summed E-state index contributed by atoms with van der Waals surface area (Å²) in [6.07, 6.45) is 3.59. The Morgan fingerprint density at radius 2 is 1.59 bits per heavy atom. The molecule has 0 saturated heterocycles. The Labute approximate surface area is 219 Å². The molecule has 1 aromatic heterocycles. The number of nitro groups is 1. The maximum absolute atomic E-state index is 13.4. The molecule has 1 heterocycles. The lowest BCUT2D eigenvalue weighted by atomic mass is 10.1. The molecule has 0 bridgehead atoms. The van der Waals surface area contributed by atoms with Gasteiger partial charge in [-0.25, -0.2) is 8.42 Å². The van der Waals surface area contributed by atoms with Crippen LogP contribution in [0.3, 0.4) is 0 Å². The first-order valence-electron chi connectivity index (χ1n) is 11.9. The number of nitrogens with one attached hydrogen (secondary N) is 1. The quantitative estimate of drug-likeness (QED) is 0.307. The van der Waals surface area contributed by atoms with Crippen LogP contribution in [-0.4, -0.2) is 53.5 Å². The number of sulfonamides is 1. The van der Waals surface area contributed by atoms with E-state index < -0.39 is 14.9 Å². The van der Waals surface area contributed by atoms with E-state index in [0.29, 0.717) is 6.54 Å². The normalized spacial score (nSPS) is 12.4. The molecular formula is C26H36N6O4S. The predicted octanol–water partition coefficient (Wildman–Crippen LogP) is 4.35. The van der Waals surface area contributed by atoms with Crippen molar-refractivity contribution in [2.45, 2.75) is 57.8 Å². The molecule has 0 radical (unpaired) electrons. The van der Waals surface area contributed by atoms with Crippen LogP contribution in [0.25, 0.3) is 0 Å². The zero-order valence-electron chi connectivity index (χ0n) is 22.5. The van der Waals surface area contributed by atoms with E-state index in [0.717, 1.165) is 23.2 Å². The summed E-state index contributed by atoms with van der Waals surface area (Å²) < 4.78 is 29.8. The summed E-state index contributed by atoms with van der Waals surface area (Å²) in [7, 11) is 1.48. The molecule has 1 N–H and O–H groups in total. The molecule has 0 aliphatic rings. The van der Waals surface area contributed by atoms with Crippen molar-refractivity contribution in [2.75, 3.05) is 26.5 Å². The Bertz CT molecular complexity index is 1360. The Morgan fingerprint density at radius 1 is 1.00 bits per heavy atom. The molecule has 37 heavy (non-hydrogen) atoms. The maximum Gasteiger partial charge on any atom is 0.296 e. The first-order chi connectivity index (χ1) is 17.2. The van der Waals surface area contributed by atoms with Crippen LogP contribution >= 0.6 is 0 Å². The van der Waals surface area contributed by atoms with E-state index in [-0.39, 0.29) is 33.9 Å². The predicted molar refractivity (Wildman–Crippen MR) is 145 cm³/mol. The Morgan fingerprint density at radius 3 is 2.11 bits per heavy atom. The summed E-state index contributed by atoms with van der Waals surface area (Å²) in [5.41, 5.74) is 2.71. The molecule has 0 unspecified atom stereocenters. The molecule has 0 spiro atoms. The smallest absolute Gasteiger partial charge is 0.296 e. The van der Waals surface area contributed by atoms with E-state index in [2.05, 4.69) is 15.3 Å². The van der Waals surface area contributed by atoms with Gasteiger partial charge in [-0.05, 0) is 65.0 Å². The van der Waals surface area contributed by atoms with Gasteiger partial charge >= 0.3 is 0 Å². The van der Waals surface area contributed by atoms with Crippen LogP contribution in [0, 0.1) is 17.0 Å². The third kappa shape index (κ3) is 6.73. The van der Waals surface area contributed by atoms with Gasteiger partial charge in [0.1, 0.15) is 5.69 Å². The summed E-state index contributed by atoms with van der Waals surface area (Å²) in [6, 6.07) is 10.6. The molecule has 3 rings (SSSR count). The van der Waals surface area contributed by atoms with Crippen LogP contribution in [0.4, 0.5) is 11.4 Å². The van der Waals surface area contributed by atoms with Gasteiger partial charge in [-0.3, -0.25) is 14.8 Å². The number of rotatable bonds is 10. The van der Waals surface area contributed by atoms with Gasteiger partial charge in [0.25, 0.3) is 5.69 Å². The molecule has 10 nitrogen and oxygen atoms in total. The Balaban J connectivity index is 1.82. The highest BCUT2D eigenvalue weighted by Gasteiger charge is 2.29. The lowest BCUT2D eigenvalue weighted by Gasteiger charge is -2.20. The van der Waals surface area contributed by atoms with Crippen molar-refractivity contribution in [3.63, 3.8) is 0 Å². The molecule has 0 aliphatic heterocycles. The van der Waals surface area contributed by atoms with Gasteiger partial charge in [-0.15, -0.1) is 0 Å². The average Bonchev–Trinajstić information content (AvgIpc) is 3.28. The third-order valence-corrected chi connectivity index (χ3v) is 7.93. The lowest BCUT2D eigenvalue weighted by Crippen LogP contribution is -2.27. The summed E-state index contributed by atoms with van der Waals surface area (Å²) in [6.45, 7) is 8.81. The fourth-order valence-corrected chi connectivity index (χ4v) is 5.36. The summed E-state index contributed by atoms with van der Waals surface area (Å²) >= 11 is 0. The monoisotopic (exact) mass is 528 g/mol. The Hall–Kier alpha value is -3.28. The van der Waals surface area contributed by atoms with Crippen LogP contribution < -0.4 is 5.32 Å². The molecule has 0 fully saturated rings. The van der Waals surface area contributed by atoms with Gasteiger partial charge in [0, 0.05) is 44.0 Å².